The zero-order chi connectivity index (χ0) is 26.4. The molecule has 2 aromatic carbocycles. The lowest BCUT2D eigenvalue weighted by Gasteiger charge is -2.37. The number of alkyl halides is 3. The Balaban J connectivity index is 1.68. The topological polar surface area (TPSA) is 110 Å². The van der Waals surface area contributed by atoms with Crippen LogP contribution in [0.5, 0.6) is 0 Å². The van der Waals surface area contributed by atoms with Gasteiger partial charge in [-0.1, -0.05) is 23.7 Å². The standard InChI is InChI=1S/C23H20ClF3N4O5/c1-12-13(3-2-4-16(12)23(25,26)27)10-31-19(32)15(20(33)34)11-30(22(31)36)14-5-6-18(17(24)9-14)29-8-7-28-21(29)35/h2-6,9,15H,7-8,10-11H2,1H3,(H,28,35)(H,33,34). The van der Waals surface area contributed by atoms with E-state index in [1.807, 2.05) is 0 Å². The highest BCUT2D eigenvalue weighted by Gasteiger charge is 2.44. The first kappa shape index (κ1) is 25.3. The Bertz CT molecular complexity index is 1270. The number of carboxylic acid groups (broad SMARTS) is 1. The van der Waals surface area contributed by atoms with Gasteiger partial charge in [-0.15, -0.1) is 0 Å². The average Bonchev–Trinajstić information content (AvgIpc) is 3.22. The van der Waals surface area contributed by atoms with Crippen molar-refractivity contribution >= 4 is 46.9 Å². The monoisotopic (exact) mass is 524 g/mol. The van der Waals surface area contributed by atoms with Crippen molar-refractivity contribution in [3.8, 4) is 0 Å². The molecule has 2 aliphatic rings. The van der Waals surface area contributed by atoms with Crippen LogP contribution in [0.25, 0.3) is 0 Å². The third kappa shape index (κ3) is 4.55. The molecule has 2 N–H and O–H groups in total. The van der Waals surface area contributed by atoms with E-state index in [0.717, 1.165) is 17.0 Å². The normalized spacial score (nSPS) is 18.6. The molecule has 1 atom stereocenters. The fourth-order valence-electron chi connectivity index (χ4n) is 4.23. The van der Waals surface area contributed by atoms with E-state index in [1.54, 1.807) is 0 Å². The van der Waals surface area contributed by atoms with Gasteiger partial charge in [0.15, 0.2) is 5.92 Å². The Morgan fingerprint density at radius 2 is 1.89 bits per heavy atom. The molecule has 190 valence electrons. The summed E-state index contributed by atoms with van der Waals surface area (Å²) in [5.41, 5.74) is -0.506. The molecule has 2 fully saturated rings. The van der Waals surface area contributed by atoms with Crippen molar-refractivity contribution in [3.05, 3.63) is 58.1 Å². The number of hydrogen-bond donors (Lipinski definition) is 2. The first-order chi connectivity index (χ1) is 16.9. The number of carbonyl (C=O) groups is 4. The number of nitrogens with zero attached hydrogens (tertiary/aromatic N) is 3. The summed E-state index contributed by atoms with van der Waals surface area (Å²) in [6.45, 7) is 0.975. The van der Waals surface area contributed by atoms with Crippen molar-refractivity contribution in [1.82, 2.24) is 10.2 Å². The number of rotatable bonds is 5. The van der Waals surface area contributed by atoms with Crippen molar-refractivity contribution < 1.29 is 37.5 Å². The Hall–Kier alpha value is -3.80. The van der Waals surface area contributed by atoms with Crippen molar-refractivity contribution in [2.24, 2.45) is 5.92 Å². The van der Waals surface area contributed by atoms with Gasteiger partial charge in [0.2, 0.25) is 5.91 Å². The minimum atomic E-state index is -4.64. The van der Waals surface area contributed by atoms with Crippen molar-refractivity contribution in [3.63, 3.8) is 0 Å². The van der Waals surface area contributed by atoms with E-state index in [1.165, 1.54) is 36.1 Å². The molecular formula is C23H20ClF3N4O5. The third-order valence-corrected chi connectivity index (χ3v) is 6.46. The summed E-state index contributed by atoms with van der Waals surface area (Å²) >= 11 is 6.35. The largest absolute Gasteiger partial charge is 0.481 e. The summed E-state index contributed by atoms with van der Waals surface area (Å²) < 4.78 is 40.0. The lowest BCUT2D eigenvalue weighted by atomic mass is 9.99. The molecule has 5 amide bonds. The third-order valence-electron chi connectivity index (χ3n) is 6.16. The molecule has 0 radical (unpaired) electrons. The minimum Gasteiger partial charge on any atom is -0.481 e. The highest BCUT2D eigenvalue weighted by molar-refractivity contribution is 6.34. The first-order valence-corrected chi connectivity index (χ1v) is 11.1. The summed E-state index contributed by atoms with van der Waals surface area (Å²) in [4.78, 5) is 53.0. The minimum absolute atomic E-state index is 0.0472. The van der Waals surface area contributed by atoms with Gasteiger partial charge in [0.1, 0.15) is 0 Å². The number of urea groups is 2. The Kier molecular flexibility index (Phi) is 6.56. The van der Waals surface area contributed by atoms with E-state index in [0.29, 0.717) is 23.7 Å². The zero-order valence-electron chi connectivity index (χ0n) is 18.8. The SMILES string of the molecule is Cc1c(CN2C(=O)C(C(=O)O)CN(c3ccc(N4CCNC4=O)c(Cl)c3)C2=O)cccc1C(F)(F)F. The second kappa shape index (κ2) is 9.34. The number of benzene rings is 2. The van der Waals surface area contributed by atoms with E-state index < -0.39 is 48.7 Å². The summed E-state index contributed by atoms with van der Waals surface area (Å²) in [5.74, 6) is -4.16. The second-order valence-electron chi connectivity index (χ2n) is 8.32. The smallest absolute Gasteiger partial charge is 0.416 e. The Morgan fingerprint density at radius 1 is 1.17 bits per heavy atom. The van der Waals surface area contributed by atoms with E-state index in [4.69, 9.17) is 11.6 Å². The van der Waals surface area contributed by atoms with Crippen LogP contribution in [0.15, 0.2) is 36.4 Å². The molecule has 0 saturated carbocycles. The van der Waals surface area contributed by atoms with Crippen LogP contribution in [0.1, 0.15) is 16.7 Å². The number of imide groups is 1. The lowest BCUT2D eigenvalue weighted by Crippen LogP contribution is -2.58. The molecule has 2 saturated heterocycles. The number of carboxylic acids is 1. The van der Waals surface area contributed by atoms with Gasteiger partial charge < -0.3 is 10.4 Å². The number of amides is 5. The van der Waals surface area contributed by atoms with E-state index in [9.17, 15) is 37.5 Å². The molecule has 0 bridgehead atoms. The van der Waals surface area contributed by atoms with Crippen molar-refractivity contribution in [2.45, 2.75) is 19.6 Å². The van der Waals surface area contributed by atoms with Crippen LogP contribution in [0.4, 0.5) is 34.1 Å². The maximum absolute atomic E-state index is 13.3. The summed E-state index contributed by atoms with van der Waals surface area (Å²) in [5, 5.41) is 12.4. The van der Waals surface area contributed by atoms with Gasteiger partial charge in [0.25, 0.3) is 0 Å². The molecule has 36 heavy (non-hydrogen) atoms. The molecule has 0 aliphatic carbocycles. The predicted molar refractivity (Wildman–Crippen MR) is 123 cm³/mol. The summed E-state index contributed by atoms with van der Waals surface area (Å²) in [7, 11) is 0. The number of aliphatic carboxylic acids is 1. The van der Waals surface area contributed by atoms with Crippen LogP contribution in [-0.2, 0) is 22.3 Å². The second-order valence-corrected chi connectivity index (χ2v) is 8.72. The highest BCUT2D eigenvalue weighted by Crippen LogP contribution is 2.35. The summed E-state index contributed by atoms with van der Waals surface area (Å²) in [6, 6.07) is 6.43. The molecule has 0 aromatic heterocycles. The average molecular weight is 525 g/mol. The maximum atomic E-state index is 13.3. The Labute approximate surface area is 208 Å². The van der Waals surface area contributed by atoms with Crippen LogP contribution in [-0.4, -0.2) is 53.6 Å². The van der Waals surface area contributed by atoms with E-state index >= 15 is 0 Å². The van der Waals surface area contributed by atoms with Gasteiger partial charge in [0, 0.05) is 25.3 Å². The van der Waals surface area contributed by atoms with Crippen LogP contribution < -0.4 is 15.1 Å². The molecule has 2 aliphatic heterocycles. The predicted octanol–water partition coefficient (Wildman–Crippen LogP) is 3.87. The van der Waals surface area contributed by atoms with Crippen LogP contribution in [0.2, 0.25) is 5.02 Å². The number of halogens is 4. The van der Waals surface area contributed by atoms with Crippen molar-refractivity contribution in [1.29, 1.82) is 0 Å². The van der Waals surface area contributed by atoms with Gasteiger partial charge in [-0.3, -0.25) is 24.3 Å². The molecule has 2 aromatic rings. The molecule has 1 unspecified atom stereocenters. The van der Waals surface area contributed by atoms with E-state index in [-0.39, 0.29) is 27.9 Å². The van der Waals surface area contributed by atoms with Crippen LogP contribution in [0.3, 0.4) is 0 Å². The molecule has 9 nitrogen and oxygen atoms in total. The molecular weight excluding hydrogens is 505 g/mol. The fraction of sp³-hybridized carbons (Fsp3) is 0.304. The number of nitrogens with one attached hydrogen (secondary N) is 1. The van der Waals surface area contributed by atoms with Crippen LogP contribution in [0, 0.1) is 12.8 Å². The number of carbonyl (C=O) groups excluding carboxylic acids is 3. The van der Waals surface area contributed by atoms with Gasteiger partial charge in [-0.25, -0.2) is 9.59 Å². The molecule has 13 heteroatoms. The zero-order valence-corrected chi connectivity index (χ0v) is 19.6. The van der Waals surface area contributed by atoms with Crippen molar-refractivity contribution in [2.75, 3.05) is 29.4 Å². The molecule has 0 spiro atoms. The van der Waals surface area contributed by atoms with Gasteiger partial charge in [0.05, 0.1) is 22.8 Å². The molecule has 2 heterocycles. The fourth-order valence-corrected chi connectivity index (χ4v) is 4.51. The van der Waals surface area contributed by atoms with Crippen LogP contribution >= 0.6 is 11.6 Å². The van der Waals surface area contributed by atoms with Gasteiger partial charge in [-0.2, -0.15) is 13.2 Å². The van der Waals surface area contributed by atoms with Gasteiger partial charge in [-0.05, 0) is 42.3 Å². The Morgan fingerprint density at radius 3 is 2.47 bits per heavy atom. The van der Waals surface area contributed by atoms with Gasteiger partial charge >= 0.3 is 24.2 Å². The summed E-state index contributed by atoms with van der Waals surface area (Å²) in [6.07, 6.45) is -4.64. The maximum Gasteiger partial charge on any atom is 0.416 e. The molecule has 4 rings (SSSR count). The highest BCUT2D eigenvalue weighted by atomic mass is 35.5. The number of anilines is 2. The first-order valence-electron chi connectivity index (χ1n) is 10.8. The lowest BCUT2D eigenvalue weighted by molar-refractivity contribution is -0.150. The number of hydrogen-bond acceptors (Lipinski definition) is 4. The van der Waals surface area contributed by atoms with E-state index in [2.05, 4.69) is 5.32 Å². The quantitative estimate of drug-likeness (QED) is 0.577.